The fourth-order valence-corrected chi connectivity index (χ4v) is 1.99. The van der Waals surface area contributed by atoms with Crippen LogP contribution in [-0.2, 0) is 9.53 Å². The lowest BCUT2D eigenvalue weighted by molar-refractivity contribution is -0.137. The van der Waals surface area contributed by atoms with Crippen LogP contribution < -0.4 is 0 Å². The Hall–Kier alpha value is -2.95. The maximum Gasteiger partial charge on any atom is 0.338 e. The van der Waals surface area contributed by atoms with Gasteiger partial charge in [-0.25, -0.2) is 4.79 Å². The average Bonchev–Trinajstić information content (AvgIpc) is 2.58. The van der Waals surface area contributed by atoms with Gasteiger partial charge in [-0.2, -0.15) is 0 Å². The number of rotatable bonds is 7. The highest BCUT2D eigenvalue weighted by molar-refractivity contribution is 6.09. The first-order valence-corrected chi connectivity index (χ1v) is 7.16. The lowest BCUT2D eigenvalue weighted by Gasteiger charge is -2.05. The van der Waals surface area contributed by atoms with Gasteiger partial charge in [0.2, 0.25) is 0 Å². The molecule has 0 bridgehead atoms. The van der Waals surface area contributed by atoms with Gasteiger partial charge in [0, 0.05) is 17.5 Å². The molecule has 0 saturated heterocycles. The number of aliphatic carboxylic acids is 1. The van der Waals surface area contributed by atoms with Gasteiger partial charge in [0.25, 0.3) is 0 Å². The van der Waals surface area contributed by atoms with Crippen molar-refractivity contribution in [2.24, 2.45) is 0 Å². The Labute approximate surface area is 133 Å². The monoisotopic (exact) mass is 312 g/mol. The summed E-state index contributed by atoms with van der Waals surface area (Å²) in [6.45, 7) is 0.0514. The van der Waals surface area contributed by atoms with Crippen LogP contribution in [0.5, 0.6) is 0 Å². The number of esters is 1. The lowest BCUT2D eigenvalue weighted by atomic mass is 10.0. The van der Waals surface area contributed by atoms with Gasteiger partial charge in [-0.1, -0.05) is 42.5 Å². The first-order chi connectivity index (χ1) is 11.1. The third kappa shape index (κ3) is 4.78. The van der Waals surface area contributed by atoms with E-state index >= 15 is 0 Å². The summed E-state index contributed by atoms with van der Waals surface area (Å²) in [4.78, 5) is 34.4. The SMILES string of the molecule is O=C(O)CCCOC(=O)c1ccc(C(=O)c2ccccc2)cc1. The molecule has 2 aromatic rings. The zero-order valence-corrected chi connectivity index (χ0v) is 12.4. The molecule has 0 aromatic heterocycles. The summed E-state index contributed by atoms with van der Waals surface area (Å²) in [7, 11) is 0. The molecular weight excluding hydrogens is 296 g/mol. The summed E-state index contributed by atoms with van der Waals surface area (Å²) < 4.78 is 4.98. The van der Waals surface area contributed by atoms with Crippen LogP contribution in [0.25, 0.3) is 0 Å². The number of ether oxygens (including phenoxy) is 1. The molecule has 0 atom stereocenters. The van der Waals surface area contributed by atoms with Gasteiger partial charge in [-0.3, -0.25) is 9.59 Å². The zero-order chi connectivity index (χ0) is 16.7. The third-order valence-corrected chi connectivity index (χ3v) is 3.19. The molecule has 0 saturated carbocycles. The van der Waals surface area contributed by atoms with Crippen molar-refractivity contribution in [2.45, 2.75) is 12.8 Å². The van der Waals surface area contributed by atoms with Gasteiger partial charge in [-0.15, -0.1) is 0 Å². The van der Waals surface area contributed by atoms with Crippen LogP contribution in [0, 0.1) is 0 Å². The quantitative estimate of drug-likeness (QED) is 0.483. The number of ketones is 1. The molecule has 23 heavy (non-hydrogen) atoms. The Balaban J connectivity index is 1.95. The van der Waals surface area contributed by atoms with Gasteiger partial charge in [0.15, 0.2) is 5.78 Å². The Kier molecular flexibility index (Phi) is 5.63. The minimum Gasteiger partial charge on any atom is -0.481 e. The number of benzene rings is 2. The van der Waals surface area contributed by atoms with Crippen molar-refractivity contribution >= 4 is 17.7 Å². The molecule has 0 fully saturated rings. The van der Waals surface area contributed by atoms with E-state index in [-0.39, 0.29) is 25.2 Å². The molecule has 0 amide bonds. The first kappa shape index (κ1) is 16.4. The molecule has 0 spiro atoms. The second-order valence-corrected chi connectivity index (χ2v) is 4.91. The van der Waals surface area contributed by atoms with Crippen LogP contribution in [0.3, 0.4) is 0 Å². The van der Waals surface area contributed by atoms with Crippen molar-refractivity contribution in [3.8, 4) is 0 Å². The standard InChI is InChI=1S/C18H16O5/c19-16(20)7-4-12-23-18(22)15-10-8-14(9-11-15)17(21)13-5-2-1-3-6-13/h1-3,5-6,8-11H,4,7,12H2,(H,19,20). The van der Waals surface area contributed by atoms with Crippen LogP contribution in [0.2, 0.25) is 0 Å². The number of hydrogen-bond acceptors (Lipinski definition) is 4. The summed E-state index contributed by atoms with van der Waals surface area (Å²) in [5, 5.41) is 8.50. The molecular formula is C18H16O5. The van der Waals surface area contributed by atoms with Gasteiger partial charge < -0.3 is 9.84 Å². The van der Waals surface area contributed by atoms with Crippen molar-refractivity contribution in [3.63, 3.8) is 0 Å². The van der Waals surface area contributed by atoms with Gasteiger partial charge in [0.05, 0.1) is 12.2 Å². The first-order valence-electron chi connectivity index (χ1n) is 7.16. The lowest BCUT2D eigenvalue weighted by Crippen LogP contribution is -2.08. The maximum atomic E-state index is 12.2. The van der Waals surface area contributed by atoms with E-state index in [9.17, 15) is 14.4 Å². The third-order valence-electron chi connectivity index (χ3n) is 3.19. The van der Waals surface area contributed by atoms with Gasteiger partial charge in [0.1, 0.15) is 0 Å². The van der Waals surface area contributed by atoms with Crippen LogP contribution in [-0.4, -0.2) is 29.4 Å². The molecule has 0 aliphatic heterocycles. The highest BCUT2D eigenvalue weighted by atomic mass is 16.5. The van der Waals surface area contributed by atoms with E-state index in [1.807, 2.05) is 6.07 Å². The number of carboxylic acids is 1. The Morgan fingerprint density at radius 1 is 0.826 bits per heavy atom. The van der Waals surface area contributed by atoms with Crippen molar-refractivity contribution in [1.82, 2.24) is 0 Å². The van der Waals surface area contributed by atoms with Gasteiger partial charge >= 0.3 is 11.9 Å². The zero-order valence-electron chi connectivity index (χ0n) is 12.4. The van der Waals surface area contributed by atoms with E-state index in [1.165, 1.54) is 12.1 Å². The molecule has 0 unspecified atom stereocenters. The average molecular weight is 312 g/mol. The molecule has 0 heterocycles. The fraction of sp³-hybridized carbons (Fsp3) is 0.167. The van der Waals surface area contributed by atoms with E-state index in [0.717, 1.165) is 0 Å². The summed E-state index contributed by atoms with van der Waals surface area (Å²) >= 11 is 0. The van der Waals surface area contributed by atoms with Crippen molar-refractivity contribution in [1.29, 1.82) is 0 Å². The van der Waals surface area contributed by atoms with E-state index in [4.69, 9.17) is 9.84 Å². The van der Waals surface area contributed by atoms with E-state index in [2.05, 4.69) is 0 Å². The summed E-state index contributed by atoms with van der Waals surface area (Å²) in [6.07, 6.45) is 0.226. The minimum atomic E-state index is -0.926. The number of carboxylic acid groups (broad SMARTS) is 1. The molecule has 0 aliphatic carbocycles. The Bertz CT molecular complexity index is 689. The summed E-state index contributed by atoms with van der Waals surface area (Å²) in [5.41, 5.74) is 1.39. The normalized spacial score (nSPS) is 10.1. The molecule has 5 nitrogen and oxygen atoms in total. The molecule has 118 valence electrons. The van der Waals surface area contributed by atoms with E-state index in [1.54, 1.807) is 36.4 Å². The van der Waals surface area contributed by atoms with Crippen molar-refractivity contribution in [2.75, 3.05) is 6.61 Å². The van der Waals surface area contributed by atoms with Crippen molar-refractivity contribution < 1.29 is 24.2 Å². The number of carbonyl (C=O) groups excluding carboxylic acids is 2. The van der Waals surface area contributed by atoms with E-state index < -0.39 is 11.9 Å². The minimum absolute atomic E-state index is 0.0439. The largest absolute Gasteiger partial charge is 0.481 e. The smallest absolute Gasteiger partial charge is 0.338 e. The van der Waals surface area contributed by atoms with Crippen LogP contribution in [0.1, 0.15) is 39.1 Å². The second-order valence-electron chi connectivity index (χ2n) is 4.91. The molecule has 5 heteroatoms. The Morgan fingerprint density at radius 2 is 1.39 bits per heavy atom. The molecule has 2 rings (SSSR count). The highest BCUT2D eigenvalue weighted by Gasteiger charge is 2.11. The van der Waals surface area contributed by atoms with Gasteiger partial charge in [-0.05, 0) is 18.6 Å². The number of carbonyl (C=O) groups is 3. The molecule has 0 radical (unpaired) electrons. The summed E-state index contributed by atoms with van der Waals surface area (Å²) in [5.74, 6) is -1.58. The predicted octanol–water partition coefficient (Wildman–Crippen LogP) is 2.94. The number of hydrogen-bond donors (Lipinski definition) is 1. The van der Waals surface area contributed by atoms with Crippen molar-refractivity contribution in [3.05, 3.63) is 71.3 Å². The van der Waals surface area contributed by atoms with E-state index in [0.29, 0.717) is 16.7 Å². The Morgan fingerprint density at radius 3 is 2.00 bits per heavy atom. The second kappa shape index (κ2) is 7.89. The molecule has 1 N–H and O–H groups in total. The van der Waals surface area contributed by atoms with Crippen LogP contribution in [0.4, 0.5) is 0 Å². The van der Waals surface area contributed by atoms with Crippen LogP contribution >= 0.6 is 0 Å². The summed E-state index contributed by atoms with van der Waals surface area (Å²) in [6, 6.07) is 15.1. The van der Waals surface area contributed by atoms with Crippen LogP contribution in [0.15, 0.2) is 54.6 Å². The predicted molar refractivity (Wildman–Crippen MR) is 83.5 cm³/mol. The topological polar surface area (TPSA) is 80.7 Å². The maximum absolute atomic E-state index is 12.2. The molecule has 2 aromatic carbocycles. The highest BCUT2D eigenvalue weighted by Crippen LogP contribution is 2.12. The fourth-order valence-electron chi connectivity index (χ4n) is 1.99. The molecule has 0 aliphatic rings.